The quantitative estimate of drug-likeness (QED) is 0.519. The van der Waals surface area contributed by atoms with Gasteiger partial charge in [-0.05, 0) is 45.7 Å². The highest BCUT2D eigenvalue weighted by Gasteiger charge is 2.26. The van der Waals surface area contributed by atoms with Crippen molar-refractivity contribution in [3.05, 3.63) is 24.1 Å². The van der Waals surface area contributed by atoms with Crippen molar-refractivity contribution < 1.29 is 13.9 Å². The number of aliphatic imine (C=N–C) groups is 1. The molecule has 1 aromatic heterocycles. The summed E-state index contributed by atoms with van der Waals surface area (Å²) in [5.41, 5.74) is -0.518. The van der Waals surface area contributed by atoms with Gasteiger partial charge in [-0.25, -0.2) is 14.2 Å². The molecule has 2 heterocycles. The maximum Gasteiger partial charge on any atom is 0.410 e. The van der Waals surface area contributed by atoms with E-state index in [-0.39, 0.29) is 18.0 Å². The van der Waals surface area contributed by atoms with Gasteiger partial charge in [0.2, 0.25) is 0 Å². The molecule has 1 aromatic rings. The van der Waals surface area contributed by atoms with Crippen molar-refractivity contribution in [2.45, 2.75) is 52.2 Å². The molecule has 0 saturated carbocycles. The summed E-state index contributed by atoms with van der Waals surface area (Å²) in [6.45, 7) is 10.7. The van der Waals surface area contributed by atoms with Gasteiger partial charge in [0.1, 0.15) is 5.60 Å². The zero-order valence-electron chi connectivity index (χ0n) is 18.7. The molecule has 0 bridgehead atoms. The van der Waals surface area contributed by atoms with Crippen LogP contribution in [0, 0.1) is 5.82 Å². The molecule has 1 aliphatic rings. The highest BCUT2D eigenvalue weighted by molar-refractivity contribution is 5.80. The van der Waals surface area contributed by atoms with Crippen LogP contribution in [0.2, 0.25) is 0 Å². The third-order valence-electron chi connectivity index (χ3n) is 4.61. The number of amides is 1. The van der Waals surface area contributed by atoms with Crippen molar-refractivity contribution in [1.82, 2.24) is 20.5 Å². The second kappa shape index (κ2) is 11.0. The second-order valence-electron chi connectivity index (χ2n) is 8.35. The number of aromatic nitrogens is 1. The van der Waals surface area contributed by atoms with Gasteiger partial charge in [0.25, 0.3) is 0 Å². The van der Waals surface area contributed by atoms with E-state index in [1.165, 1.54) is 6.07 Å². The van der Waals surface area contributed by atoms with Gasteiger partial charge in [-0.15, -0.1) is 0 Å². The minimum absolute atomic E-state index is 0.134. The van der Waals surface area contributed by atoms with Crippen molar-refractivity contribution in [3.63, 3.8) is 0 Å². The van der Waals surface area contributed by atoms with Gasteiger partial charge in [0.15, 0.2) is 17.6 Å². The Morgan fingerprint density at radius 1 is 1.43 bits per heavy atom. The average molecular weight is 423 g/mol. The van der Waals surface area contributed by atoms with Crippen LogP contribution in [0.15, 0.2) is 23.3 Å². The number of anilines is 1. The Bertz CT molecular complexity index is 722. The van der Waals surface area contributed by atoms with E-state index in [0.717, 1.165) is 19.4 Å². The SMILES string of the molecule is CCCN(CCNC(=NC)NC1CCN(c2ncccc2F)C1)C(=O)OC(C)(C)C. The molecule has 9 heteroatoms. The largest absolute Gasteiger partial charge is 0.444 e. The van der Waals surface area contributed by atoms with E-state index >= 15 is 0 Å². The predicted molar refractivity (Wildman–Crippen MR) is 117 cm³/mol. The standard InChI is InChI=1S/C21H35FN6O2/c1-6-12-27(20(29)30-21(2,3)4)14-11-25-19(23-5)26-16-9-13-28(15-16)18-17(22)8-7-10-24-18/h7-8,10,16H,6,9,11-15H2,1-5H3,(H2,23,25,26). The van der Waals surface area contributed by atoms with Crippen molar-refractivity contribution in [2.75, 3.05) is 44.7 Å². The molecule has 0 aromatic carbocycles. The van der Waals surface area contributed by atoms with Crippen LogP contribution in [-0.4, -0.2) is 73.4 Å². The number of hydrogen-bond acceptors (Lipinski definition) is 5. The Hall–Kier alpha value is -2.58. The monoisotopic (exact) mass is 422 g/mol. The molecule has 1 fully saturated rings. The fraction of sp³-hybridized carbons (Fsp3) is 0.667. The number of carbonyl (C=O) groups is 1. The summed E-state index contributed by atoms with van der Waals surface area (Å²) < 4.78 is 19.4. The predicted octanol–water partition coefficient (Wildman–Crippen LogP) is 2.61. The number of ether oxygens (including phenoxy) is 1. The molecule has 1 saturated heterocycles. The Morgan fingerprint density at radius 2 is 2.20 bits per heavy atom. The van der Waals surface area contributed by atoms with Crippen molar-refractivity contribution in [1.29, 1.82) is 0 Å². The van der Waals surface area contributed by atoms with Crippen LogP contribution < -0.4 is 15.5 Å². The maximum absolute atomic E-state index is 14.0. The summed E-state index contributed by atoms with van der Waals surface area (Å²) in [5.74, 6) is 0.736. The molecule has 8 nitrogen and oxygen atoms in total. The zero-order chi connectivity index (χ0) is 22.1. The first-order valence-corrected chi connectivity index (χ1v) is 10.5. The molecule has 0 aliphatic carbocycles. The molecular formula is C21H35FN6O2. The summed E-state index contributed by atoms with van der Waals surface area (Å²) in [6, 6.07) is 3.15. The summed E-state index contributed by atoms with van der Waals surface area (Å²) in [4.78, 5) is 24.4. The lowest BCUT2D eigenvalue weighted by atomic mass is 10.2. The zero-order valence-corrected chi connectivity index (χ0v) is 18.7. The van der Waals surface area contributed by atoms with E-state index in [1.54, 1.807) is 24.2 Å². The second-order valence-corrected chi connectivity index (χ2v) is 8.35. The molecule has 2 N–H and O–H groups in total. The van der Waals surface area contributed by atoms with E-state index < -0.39 is 5.60 Å². The van der Waals surface area contributed by atoms with Gasteiger partial charge < -0.3 is 25.2 Å². The Labute approximate surface area is 178 Å². The number of guanidine groups is 1. The molecule has 1 amide bonds. The van der Waals surface area contributed by atoms with Gasteiger partial charge in [0.05, 0.1) is 0 Å². The number of halogens is 1. The lowest BCUT2D eigenvalue weighted by Gasteiger charge is -2.27. The molecule has 30 heavy (non-hydrogen) atoms. The van der Waals surface area contributed by atoms with E-state index in [0.29, 0.717) is 38.0 Å². The average Bonchev–Trinajstić information content (AvgIpc) is 3.13. The Balaban J connectivity index is 1.81. The molecule has 0 radical (unpaired) electrons. The van der Waals surface area contributed by atoms with Gasteiger partial charge in [-0.2, -0.15) is 0 Å². The van der Waals surface area contributed by atoms with E-state index in [9.17, 15) is 9.18 Å². The van der Waals surface area contributed by atoms with Gasteiger partial charge in [-0.1, -0.05) is 6.92 Å². The summed E-state index contributed by atoms with van der Waals surface area (Å²) in [5, 5.41) is 6.62. The molecule has 1 atom stereocenters. The van der Waals surface area contributed by atoms with Crippen LogP contribution in [-0.2, 0) is 4.74 Å². The van der Waals surface area contributed by atoms with Gasteiger partial charge in [-0.3, -0.25) is 4.99 Å². The number of rotatable bonds is 7. The molecular weight excluding hydrogens is 387 g/mol. The van der Waals surface area contributed by atoms with Crippen LogP contribution in [0.5, 0.6) is 0 Å². The molecule has 2 rings (SSSR count). The fourth-order valence-electron chi connectivity index (χ4n) is 3.27. The molecule has 1 unspecified atom stereocenters. The van der Waals surface area contributed by atoms with E-state index in [1.807, 2.05) is 32.6 Å². The first-order chi connectivity index (χ1) is 14.2. The van der Waals surface area contributed by atoms with Crippen molar-refractivity contribution in [2.24, 2.45) is 4.99 Å². The molecule has 168 valence electrons. The van der Waals surface area contributed by atoms with E-state index in [2.05, 4.69) is 20.6 Å². The fourth-order valence-corrected chi connectivity index (χ4v) is 3.27. The lowest BCUT2D eigenvalue weighted by Crippen LogP contribution is -2.47. The Kier molecular flexibility index (Phi) is 8.68. The highest BCUT2D eigenvalue weighted by Crippen LogP contribution is 2.20. The third kappa shape index (κ3) is 7.35. The van der Waals surface area contributed by atoms with Crippen LogP contribution in [0.1, 0.15) is 40.5 Å². The van der Waals surface area contributed by atoms with E-state index in [4.69, 9.17) is 4.74 Å². The van der Waals surface area contributed by atoms with Crippen LogP contribution >= 0.6 is 0 Å². The summed E-state index contributed by atoms with van der Waals surface area (Å²) >= 11 is 0. The smallest absolute Gasteiger partial charge is 0.410 e. The Morgan fingerprint density at radius 3 is 2.83 bits per heavy atom. The van der Waals surface area contributed by atoms with Crippen LogP contribution in [0.3, 0.4) is 0 Å². The maximum atomic E-state index is 14.0. The highest BCUT2D eigenvalue weighted by atomic mass is 19.1. The van der Waals surface area contributed by atoms with Crippen LogP contribution in [0.4, 0.5) is 15.0 Å². The number of nitrogens with zero attached hydrogens (tertiary/aromatic N) is 4. The third-order valence-corrected chi connectivity index (χ3v) is 4.61. The van der Waals surface area contributed by atoms with Gasteiger partial charge >= 0.3 is 6.09 Å². The summed E-state index contributed by atoms with van der Waals surface area (Å²) in [7, 11) is 1.71. The van der Waals surface area contributed by atoms with Crippen LogP contribution in [0.25, 0.3) is 0 Å². The van der Waals surface area contributed by atoms with Crippen molar-refractivity contribution >= 4 is 17.9 Å². The number of pyridine rings is 1. The first-order valence-electron chi connectivity index (χ1n) is 10.5. The molecule has 0 spiro atoms. The molecule has 1 aliphatic heterocycles. The minimum atomic E-state index is -0.518. The normalized spacial score (nSPS) is 17.1. The lowest BCUT2D eigenvalue weighted by molar-refractivity contribution is 0.0253. The van der Waals surface area contributed by atoms with Gasteiger partial charge in [0, 0.05) is 52.0 Å². The number of carbonyl (C=O) groups excluding carboxylic acids is 1. The van der Waals surface area contributed by atoms with Crippen molar-refractivity contribution in [3.8, 4) is 0 Å². The topological polar surface area (TPSA) is 82.1 Å². The minimum Gasteiger partial charge on any atom is -0.444 e. The summed E-state index contributed by atoms with van der Waals surface area (Å²) in [6.07, 6.45) is 3.01. The first kappa shape index (κ1) is 23.7. The number of hydrogen-bond donors (Lipinski definition) is 2. The number of nitrogens with one attached hydrogen (secondary N) is 2.